The standard InChI is InChI=1S/C15H23ClN4OSi/c1-15(2,3)22(4,5)21-14(10-20-18-11-17-19-20)12-8-6-7-9-13(12)16/h6-9,11,14H,10H2,1-5H3. The van der Waals surface area contributed by atoms with Crippen molar-refractivity contribution in [1.29, 1.82) is 0 Å². The molecule has 0 saturated carbocycles. The van der Waals surface area contributed by atoms with Gasteiger partial charge in [0.1, 0.15) is 0 Å². The van der Waals surface area contributed by atoms with Gasteiger partial charge >= 0.3 is 0 Å². The van der Waals surface area contributed by atoms with Gasteiger partial charge in [0.15, 0.2) is 14.6 Å². The molecule has 0 amide bonds. The Morgan fingerprint density at radius 3 is 2.50 bits per heavy atom. The third kappa shape index (κ3) is 3.94. The van der Waals surface area contributed by atoms with E-state index in [1.807, 2.05) is 24.3 Å². The Labute approximate surface area is 137 Å². The fraction of sp³-hybridized carbons (Fsp3) is 0.533. The zero-order chi connectivity index (χ0) is 16.4. The molecule has 7 heteroatoms. The fourth-order valence-corrected chi connectivity index (χ4v) is 3.41. The van der Waals surface area contributed by atoms with Gasteiger partial charge < -0.3 is 4.43 Å². The lowest BCUT2D eigenvalue weighted by molar-refractivity contribution is 0.151. The molecule has 1 unspecified atom stereocenters. The van der Waals surface area contributed by atoms with Gasteiger partial charge in [-0.3, -0.25) is 0 Å². The summed E-state index contributed by atoms with van der Waals surface area (Å²) in [4.78, 5) is 1.54. The van der Waals surface area contributed by atoms with Crippen LogP contribution in [0.3, 0.4) is 0 Å². The number of halogens is 1. The molecule has 0 N–H and O–H groups in total. The highest BCUT2D eigenvalue weighted by Crippen LogP contribution is 2.40. The van der Waals surface area contributed by atoms with Crippen molar-refractivity contribution in [1.82, 2.24) is 20.2 Å². The van der Waals surface area contributed by atoms with Crippen molar-refractivity contribution in [2.75, 3.05) is 0 Å². The van der Waals surface area contributed by atoms with Crippen LogP contribution < -0.4 is 0 Å². The number of hydrogen-bond acceptors (Lipinski definition) is 4. The molecule has 0 aliphatic rings. The van der Waals surface area contributed by atoms with Crippen LogP contribution >= 0.6 is 11.6 Å². The van der Waals surface area contributed by atoms with Crippen LogP contribution in [0.2, 0.25) is 23.2 Å². The molecule has 1 atom stereocenters. The third-order valence-electron chi connectivity index (χ3n) is 4.22. The summed E-state index contributed by atoms with van der Waals surface area (Å²) in [6.45, 7) is 11.6. The first-order chi connectivity index (χ1) is 10.2. The summed E-state index contributed by atoms with van der Waals surface area (Å²) >= 11 is 6.37. The van der Waals surface area contributed by atoms with Crippen LogP contribution in [0, 0.1) is 0 Å². The largest absolute Gasteiger partial charge is 0.408 e. The summed E-state index contributed by atoms with van der Waals surface area (Å²) in [6, 6.07) is 7.77. The van der Waals surface area contributed by atoms with Crippen molar-refractivity contribution < 1.29 is 4.43 Å². The van der Waals surface area contributed by atoms with Crippen molar-refractivity contribution in [3.63, 3.8) is 0 Å². The van der Waals surface area contributed by atoms with Gasteiger partial charge in [-0.15, -0.1) is 10.2 Å². The van der Waals surface area contributed by atoms with E-state index < -0.39 is 8.32 Å². The lowest BCUT2D eigenvalue weighted by Crippen LogP contribution is -2.42. The van der Waals surface area contributed by atoms with Gasteiger partial charge in [-0.25, -0.2) is 0 Å². The Bertz CT molecular complexity index is 610. The van der Waals surface area contributed by atoms with E-state index in [0.29, 0.717) is 11.6 Å². The molecule has 0 spiro atoms. The highest BCUT2D eigenvalue weighted by atomic mass is 35.5. The van der Waals surface area contributed by atoms with Gasteiger partial charge in [-0.05, 0) is 29.4 Å². The lowest BCUT2D eigenvalue weighted by Gasteiger charge is -2.39. The van der Waals surface area contributed by atoms with Gasteiger partial charge in [0.25, 0.3) is 0 Å². The molecule has 0 aliphatic heterocycles. The second kappa shape index (κ2) is 6.48. The molecule has 1 aromatic heterocycles. The highest BCUT2D eigenvalue weighted by molar-refractivity contribution is 6.74. The molecular formula is C15H23ClN4OSi. The highest BCUT2D eigenvalue weighted by Gasteiger charge is 2.40. The number of tetrazole rings is 1. The molecule has 1 heterocycles. The minimum atomic E-state index is -1.96. The molecule has 22 heavy (non-hydrogen) atoms. The van der Waals surface area contributed by atoms with Crippen LogP contribution in [0.15, 0.2) is 30.6 Å². The zero-order valence-electron chi connectivity index (χ0n) is 13.7. The van der Waals surface area contributed by atoms with Crippen LogP contribution in [-0.2, 0) is 11.0 Å². The van der Waals surface area contributed by atoms with Crippen molar-refractivity contribution in [2.45, 2.75) is 51.6 Å². The predicted molar refractivity (Wildman–Crippen MR) is 90.3 cm³/mol. The quantitative estimate of drug-likeness (QED) is 0.770. The second-order valence-corrected chi connectivity index (χ2v) is 12.0. The number of aromatic nitrogens is 4. The molecule has 2 rings (SSSR count). The maximum absolute atomic E-state index is 6.57. The zero-order valence-corrected chi connectivity index (χ0v) is 15.5. The SMILES string of the molecule is CC(C)(C)[Si](C)(C)OC(Cn1ncnn1)c1ccccc1Cl. The van der Waals surface area contributed by atoms with E-state index in [0.717, 1.165) is 5.56 Å². The van der Waals surface area contributed by atoms with E-state index in [4.69, 9.17) is 16.0 Å². The van der Waals surface area contributed by atoms with E-state index in [2.05, 4.69) is 49.3 Å². The second-order valence-electron chi connectivity index (χ2n) is 6.88. The number of rotatable bonds is 5. The number of nitrogens with zero attached hydrogens (tertiary/aromatic N) is 4. The fourth-order valence-electron chi connectivity index (χ4n) is 1.89. The topological polar surface area (TPSA) is 52.8 Å². The first kappa shape index (κ1) is 17.1. The van der Waals surface area contributed by atoms with Gasteiger partial charge in [0, 0.05) is 10.6 Å². The van der Waals surface area contributed by atoms with E-state index >= 15 is 0 Å². The Morgan fingerprint density at radius 2 is 1.95 bits per heavy atom. The minimum absolute atomic E-state index is 0.113. The monoisotopic (exact) mass is 338 g/mol. The average Bonchev–Trinajstić information content (AvgIpc) is 2.90. The summed E-state index contributed by atoms with van der Waals surface area (Å²) in [7, 11) is -1.96. The van der Waals surface area contributed by atoms with E-state index in [1.165, 1.54) is 6.33 Å². The maximum atomic E-state index is 6.57. The van der Waals surface area contributed by atoms with Gasteiger partial charge in [-0.2, -0.15) is 4.80 Å². The predicted octanol–water partition coefficient (Wildman–Crippen LogP) is 4.09. The first-order valence-electron chi connectivity index (χ1n) is 7.34. The van der Waals surface area contributed by atoms with E-state index in [9.17, 15) is 0 Å². The van der Waals surface area contributed by atoms with Crippen LogP contribution in [0.1, 0.15) is 32.4 Å². The van der Waals surface area contributed by atoms with Crippen molar-refractivity contribution in [2.24, 2.45) is 0 Å². The van der Waals surface area contributed by atoms with Gasteiger partial charge in [0.2, 0.25) is 0 Å². The summed E-state index contributed by atoms with van der Waals surface area (Å²) in [6.07, 6.45) is 1.24. The number of benzene rings is 1. The summed E-state index contributed by atoms with van der Waals surface area (Å²) in [5, 5.41) is 12.6. The molecule has 2 aromatic rings. The average molecular weight is 339 g/mol. The maximum Gasteiger partial charge on any atom is 0.193 e. The van der Waals surface area contributed by atoms with Crippen LogP contribution in [0.4, 0.5) is 0 Å². The normalized spacial score (nSPS) is 14.1. The van der Waals surface area contributed by atoms with Gasteiger partial charge in [-0.1, -0.05) is 50.6 Å². The van der Waals surface area contributed by atoms with Crippen LogP contribution in [0.5, 0.6) is 0 Å². The van der Waals surface area contributed by atoms with Gasteiger partial charge in [0.05, 0.1) is 12.6 Å². The third-order valence-corrected chi connectivity index (χ3v) is 9.05. The first-order valence-corrected chi connectivity index (χ1v) is 10.6. The molecular weight excluding hydrogens is 316 g/mol. The van der Waals surface area contributed by atoms with E-state index in [-0.39, 0.29) is 11.1 Å². The van der Waals surface area contributed by atoms with Crippen molar-refractivity contribution in [3.05, 3.63) is 41.2 Å². The molecule has 0 fully saturated rings. The minimum Gasteiger partial charge on any atom is -0.408 e. The Kier molecular flexibility index (Phi) is 5.04. The Balaban J connectivity index is 2.32. The Hall–Kier alpha value is -1.24. The summed E-state index contributed by atoms with van der Waals surface area (Å²) in [5.74, 6) is 0. The molecule has 0 radical (unpaired) electrons. The van der Waals surface area contributed by atoms with Crippen LogP contribution in [0.25, 0.3) is 0 Å². The summed E-state index contributed by atoms with van der Waals surface area (Å²) in [5.41, 5.74) is 0.964. The summed E-state index contributed by atoms with van der Waals surface area (Å²) < 4.78 is 6.57. The van der Waals surface area contributed by atoms with E-state index in [1.54, 1.807) is 4.80 Å². The van der Waals surface area contributed by atoms with Crippen molar-refractivity contribution in [3.8, 4) is 0 Å². The molecule has 1 aromatic carbocycles. The molecule has 5 nitrogen and oxygen atoms in total. The number of hydrogen-bond donors (Lipinski definition) is 0. The molecule has 120 valence electrons. The lowest BCUT2D eigenvalue weighted by atomic mass is 10.1. The van der Waals surface area contributed by atoms with Crippen molar-refractivity contribution >= 4 is 19.9 Å². The smallest absolute Gasteiger partial charge is 0.193 e. The Morgan fingerprint density at radius 1 is 1.27 bits per heavy atom. The molecule has 0 saturated heterocycles. The molecule has 0 aliphatic carbocycles. The van der Waals surface area contributed by atoms with Crippen LogP contribution in [-0.4, -0.2) is 28.5 Å². The molecule has 0 bridgehead atoms.